The van der Waals surface area contributed by atoms with Crippen LogP contribution in [0.25, 0.3) is 0 Å². The number of fused-ring (bicyclic) bond motifs is 1. The van der Waals surface area contributed by atoms with Crippen molar-refractivity contribution in [1.82, 2.24) is 25.8 Å². The van der Waals surface area contributed by atoms with Crippen LogP contribution in [0.1, 0.15) is 47.0 Å². The van der Waals surface area contributed by atoms with Crippen molar-refractivity contribution in [3.05, 3.63) is 0 Å². The molecule has 3 atom stereocenters. The second kappa shape index (κ2) is 10.8. The zero-order valence-electron chi connectivity index (χ0n) is 18.4. The van der Waals surface area contributed by atoms with Crippen molar-refractivity contribution in [3.8, 4) is 0 Å². The number of carbonyl (C=O) groups is 3. The highest BCUT2D eigenvalue weighted by molar-refractivity contribution is 5.89. The Bertz CT molecular complexity index is 581. The second-order valence-corrected chi connectivity index (χ2v) is 8.33. The number of carbonyl (C=O) groups excluding carboxylic acids is 3. The lowest BCUT2D eigenvalue weighted by molar-refractivity contribution is -0.137. The Hall–Kier alpha value is -1.87. The van der Waals surface area contributed by atoms with Crippen LogP contribution in [-0.4, -0.2) is 91.2 Å². The SMILES string of the molecule is CCC(CC)N1C[C@@H]2C[C@H](NC(=O)NC(C)C)CN2C(=O)[C@@H](NC(=O)COC)C1. The number of nitrogens with one attached hydrogen (secondary N) is 3. The van der Waals surface area contributed by atoms with E-state index in [-0.39, 0.29) is 42.6 Å². The van der Waals surface area contributed by atoms with E-state index in [1.54, 1.807) is 0 Å². The lowest BCUT2D eigenvalue weighted by Crippen LogP contribution is -2.53. The number of hydrogen-bond acceptors (Lipinski definition) is 5. The highest BCUT2D eigenvalue weighted by atomic mass is 16.5. The third kappa shape index (κ3) is 6.30. The molecule has 0 unspecified atom stereocenters. The topological polar surface area (TPSA) is 103 Å². The van der Waals surface area contributed by atoms with Crippen LogP contribution in [0.15, 0.2) is 0 Å². The van der Waals surface area contributed by atoms with E-state index >= 15 is 0 Å². The minimum Gasteiger partial charge on any atom is -0.375 e. The van der Waals surface area contributed by atoms with Gasteiger partial charge in [-0.3, -0.25) is 14.5 Å². The monoisotopic (exact) mass is 411 g/mol. The fourth-order valence-corrected chi connectivity index (χ4v) is 4.39. The molecular weight excluding hydrogens is 374 g/mol. The number of nitrogens with zero attached hydrogens (tertiary/aromatic N) is 2. The van der Waals surface area contributed by atoms with Crippen molar-refractivity contribution in [2.45, 2.75) is 77.2 Å². The average Bonchev–Trinajstić information content (AvgIpc) is 2.97. The van der Waals surface area contributed by atoms with Crippen molar-refractivity contribution < 1.29 is 19.1 Å². The fourth-order valence-electron chi connectivity index (χ4n) is 4.39. The average molecular weight is 412 g/mol. The largest absolute Gasteiger partial charge is 0.375 e. The van der Waals surface area contributed by atoms with Crippen LogP contribution >= 0.6 is 0 Å². The molecule has 0 saturated carbocycles. The molecule has 0 radical (unpaired) electrons. The number of methoxy groups -OCH3 is 1. The van der Waals surface area contributed by atoms with Crippen molar-refractivity contribution >= 4 is 17.8 Å². The van der Waals surface area contributed by atoms with Crippen LogP contribution in [0.2, 0.25) is 0 Å². The van der Waals surface area contributed by atoms with E-state index in [1.165, 1.54) is 7.11 Å². The summed E-state index contributed by atoms with van der Waals surface area (Å²) in [4.78, 5) is 41.6. The van der Waals surface area contributed by atoms with Crippen LogP contribution in [0.3, 0.4) is 0 Å². The van der Waals surface area contributed by atoms with Gasteiger partial charge in [0.25, 0.3) is 0 Å². The molecule has 9 heteroatoms. The van der Waals surface area contributed by atoms with Gasteiger partial charge in [-0.25, -0.2) is 4.79 Å². The first-order chi connectivity index (χ1) is 13.8. The molecule has 0 aromatic carbocycles. The first kappa shape index (κ1) is 23.4. The van der Waals surface area contributed by atoms with Gasteiger partial charge in [0.2, 0.25) is 11.8 Å². The van der Waals surface area contributed by atoms with E-state index in [0.29, 0.717) is 25.6 Å². The summed E-state index contributed by atoms with van der Waals surface area (Å²) in [5, 5.41) is 8.66. The summed E-state index contributed by atoms with van der Waals surface area (Å²) >= 11 is 0. The van der Waals surface area contributed by atoms with Gasteiger partial charge in [0, 0.05) is 44.9 Å². The Morgan fingerprint density at radius 1 is 1.14 bits per heavy atom. The zero-order chi connectivity index (χ0) is 21.6. The molecule has 2 aliphatic heterocycles. The number of hydrogen-bond donors (Lipinski definition) is 3. The van der Waals surface area contributed by atoms with Gasteiger partial charge in [-0.15, -0.1) is 0 Å². The number of amides is 4. The van der Waals surface area contributed by atoms with E-state index < -0.39 is 6.04 Å². The third-order valence-corrected chi connectivity index (χ3v) is 5.68. The molecule has 2 fully saturated rings. The molecule has 166 valence electrons. The first-order valence-corrected chi connectivity index (χ1v) is 10.7. The number of ether oxygens (including phenoxy) is 1. The summed E-state index contributed by atoms with van der Waals surface area (Å²) in [6, 6.07) is -0.491. The summed E-state index contributed by atoms with van der Waals surface area (Å²) in [6.45, 7) is 9.75. The van der Waals surface area contributed by atoms with Crippen LogP contribution in [0.4, 0.5) is 4.79 Å². The van der Waals surface area contributed by atoms with E-state index in [2.05, 4.69) is 34.7 Å². The van der Waals surface area contributed by atoms with Crippen LogP contribution < -0.4 is 16.0 Å². The summed E-state index contributed by atoms with van der Waals surface area (Å²) < 4.78 is 4.90. The molecule has 2 aliphatic rings. The van der Waals surface area contributed by atoms with Crippen molar-refractivity contribution in [3.63, 3.8) is 0 Å². The predicted molar refractivity (Wildman–Crippen MR) is 110 cm³/mol. The summed E-state index contributed by atoms with van der Waals surface area (Å²) in [7, 11) is 1.46. The molecule has 4 amide bonds. The van der Waals surface area contributed by atoms with Gasteiger partial charge in [-0.1, -0.05) is 13.8 Å². The van der Waals surface area contributed by atoms with Crippen molar-refractivity contribution in [1.29, 1.82) is 0 Å². The smallest absolute Gasteiger partial charge is 0.315 e. The maximum absolute atomic E-state index is 13.2. The Morgan fingerprint density at radius 3 is 2.41 bits per heavy atom. The van der Waals surface area contributed by atoms with E-state index in [0.717, 1.165) is 19.4 Å². The van der Waals surface area contributed by atoms with Crippen molar-refractivity contribution in [2.75, 3.05) is 33.4 Å². The first-order valence-electron chi connectivity index (χ1n) is 10.7. The molecule has 2 rings (SSSR count). The normalized spacial score (nSPS) is 25.1. The molecule has 0 aromatic heterocycles. The Labute approximate surface area is 173 Å². The fraction of sp³-hybridized carbons (Fsp3) is 0.850. The van der Waals surface area contributed by atoms with Crippen molar-refractivity contribution in [2.24, 2.45) is 0 Å². The molecule has 0 aromatic rings. The minimum absolute atomic E-state index is 0.0248. The van der Waals surface area contributed by atoms with Gasteiger partial charge in [-0.2, -0.15) is 0 Å². The van der Waals surface area contributed by atoms with Crippen LogP contribution in [0, 0.1) is 0 Å². The zero-order valence-corrected chi connectivity index (χ0v) is 18.4. The Morgan fingerprint density at radius 2 is 1.83 bits per heavy atom. The quantitative estimate of drug-likeness (QED) is 0.533. The Balaban J connectivity index is 2.15. The van der Waals surface area contributed by atoms with Gasteiger partial charge in [0.1, 0.15) is 12.6 Å². The van der Waals surface area contributed by atoms with Crippen LogP contribution in [0.5, 0.6) is 0 Å². The highest BCUT2D eigenvalue weighted by Gasteiger charge is 2.43. The molecule has 0 aliphatic carbocycles. The molecule has 2 saturated heterocycles. The lowest BCUT2D eigenvalue weighted by atomic mass is 10.1. The predicted octanol–water partition coefficient (Wildman–Crippen LogP) is 0.299. The highest BCUT2D eigenvalue weighted by Crippen LogP contribution is 2.25. The maximum atomic E-state index is 13.2. The molecule has 0 bridgehead atoms. The molecule has 3 N–H and O–H groups in total. The lowest BCUT2D eigenvalue weighted by Gasteiger charge is -2.32. The third-order valence-electron chi connectivity index (χ3n) is 5.68. The van der Waals surface area contributed by atoms with Gasteiger partial charge in [0.05, 0.1) is 6.04 Å². The van der Waals surface area contributed by atoms with Gasteiger partial charge in [0.15, 0.2) is 0 Å². The minimum atomic E-state index is -0.605. The Kier molecular flexibility index (Phi) is 8.70. The summed E-state index contributed by atoms with van der Waals surface area (Å²) in [5.41, 5.74) is 0. The number of rotatable bonds is 8. The van der Waals surface area contributed by atoms with E-state index in [9.17, 15) is 14.4 Å². The van der Waals surface area contributed by atoms with Gasteiger partial charge >= 0.3 is 6.03 Å². The van der Waals surface area contributed by atoms with E-state index in [4.69, 9.17) is 4.74 Å². The second-order valence-electron chi connectivity index (χ2n) is 8.33. The molecule has 0 spiro atoms. The molecule has 9 nitrogen and oxygen atoms in total. The van der Waals surface area contributed by atoms with Gasteiger partial charge < -0.3 is 25.6 Å². The standard InChI is InChI=1S/C20H37N5O4/c1-6-15(7-2)24-10-16-8-14(22-20(28)21-13(3)4)9-25(16)19(27)17(11-24)23-18(26)12-29-5/h13-17H,6-12H2,1-5H3,(H,23,26)(H2,21,22,28)/t14-,16-,17-/m0/s1. The maximum Gasteiger partial charge on any atom is 0.315 e. The van der Waals surface area contributed by atoms with Crippen LogP contribution in [-0.2, 0) is 14.3 Å². The van der Waals surface area contributed by atoms with E-state index in [1.807, 2.05) is 18.7 Å². The van der Waals surface area contributed by atoms with Gasteiger partial charge in [-0.05, 0) is 33.1 Å². The summed E-state index contributed by atoms with van der Waals surface area (Å²) in [5.74, 6) is -0.375. The summed E-state index contributed by atoms with van der Waals surface area (Å²) in [6.07, 6.45) is 2.68. The number of urea groups is 1. The molecule has 2 heterocycles. The molecular formula is C20H37N5O4. The molecule has 29 heavy (non-hydrogen) atoms.